The maximum absolute atomic E-state index is 6.34. The third-order valence-corrected chi connectivity index (χ3v) is 4.09. The normalized spacial score (nSPS) is 14.0. The lowest BCUT2D eigenvalue weighted by atomic mass is 10.2. The molecule has 3 heterocycles. The van der Waals surface area contributed by atoms with E-state index in [1.54, 1.807) is 6.20 Å². The molecule has 102 valence electrons. The lowest BCUT2D eigenvalue weighted by Crippen LogP contribution is -1.87. The summed E-state index contributed by atoms with van der Waals surface area (Å²) in [4.78, 5) is 11.7. The van der Waals surface area contributed by atoms with E-state index in [1.165, 1.54) is 18.4 Å². The van der Waals surface area contributed by atoms with Gasteiger partial charge in [-0.05, 0) is 42.4 Å². The molecule has 1 fully saturated rings. The van der Waals surface area contributed by atoms with Gasteiger partial charge in [0.25, 0.3) is 0 Å². The fourth-order valence-corrected chi connectivity index (χ4v) is 2.58. The number of nitrogens with zero attached hydrogens (tertiary/aromatic N) is 2. The van der Waals surface area contributed by atoms with Gasteiger partial charge in [-0.15, -0.1) is 0 Å². The monoisotopic (exact) mass is 293 g/mol. The topological polar surface area (TPSA) is 41.6 Å². The van der Waals surface area contributed by atoms with E-state index in [9.17, 15) is 0 Å². The molecule has 0 spiro atoms. The van der Waals surface area contributed by atoms with Crippen LogP contribution >= 0.6 is 11.6 Å². The van der Waals surface area contributed by atoms with E-state index in [-0.39, 0.29) is 0 Å². The Bertz CT molecular complexity index is 864. The molecule has 4 heteroatoms. The summed E-state index contributed by atoms with van der Waals surface area (Å²) in [6.45, 7) is 0. The Hall–Kier alpha value is -2.31. The first-order valence-corrected chi connectivity index (χ1v) is 7.28. The number of aromatic amines is 1. The molecule has 0 bridgehead atoms. The number of hydrogen-bond donors (Lipinski definition) is 1. The second-order valence-corrected chi connectivity index (χ2v) is 5.60. The summed E-state index contributed by atoms with van der Waals surface area (Å²) in [6.07, 6.45) is 8.00. The van der Waals surface area contributed by atoms with Gasteiger partial charge in [0, 0.05) is 24.0 Å². The van der Waals surface area contributed by atoms with Crippen molar-refractivity contribution in [3.05, 3.63) is 58.6 Å². The zero-order valence-electron chi connectivity index (χ0n) is 11.2. The smallest absolute Gasteiger partial charge is 0.138 e. The molecule has 4 rings (SSSR count). The molecule has 0 radical (unpaired) electrons. The fraction of sp³-hybridized carbons (Fsp3) is 0.176. The molecule has 0 saturated heterocycles. The third kappa shape index (κ3) is 2.39. The summed E-state index contributed by atoms with van der Waals surface area (Å²) < 4.78 is 0. The van der Waals surface area contributed by atoms with E-state index < -0.39 is 0 Å². The highest BCUT2D eigenvalue weighted by Crippen LogP contribution is 2.39. The van der Waals surface area contributed by atoms with Crippen LogP contribution in [0.2, 0.25) is 5.02 Å². The van der Waals surface area contributed by atoms with Gasteiger partial charge in [-0.2, -0.15) is 0 Å². The molecule has 0 unspecified atom stereocenters. The zero-order valence-corrected chi connectivity index (χ0v) is 12.0. The minimum absolute atomic E-state index is 0.628. The molecular formula is C17H12ClN3. The van der Waals surface area contributed by atoms with Crippen LogP contribution in [-0.4, -0.2) is 15.0 Å². The molecule has 1 saturated carbocycles. The molecule has 3 aromatic rings. The maximum Gasteiger partial charge on any atom is 0.138 e. The molecule has 3 aromatic heterocycles. The molecule has 1 aliphatic carbocycles. The molecule has 0 aromatic carbocycles. The van der Waals surface area contributed by atoms with Crippen LogP contribution in [0.1, 0.15) is 35.6 Å². The van der Waals surface area contributed by atoms with Crippen molar-refractivity contribution in [2.24, 2.45) is 0 Å². The van der Waals surface area contributed by atoms with Gasteiger partial charge in [0.15, 0.2) is 0 Å². The number of nitrogens with one attached hydrogen (secondary N) is 1. The summed E-state index contributed by atoms with van der Waals surface area (Å²) >= 11 is 6.34. The van der Waals surface area contributed by atoms with Crippen LogP contribution in [0.3, 0.4) is 0 Å². The number of rotatable bonds is 1. The highest BCUT2D eigenvalue weighted by molar-refractivity contribution is 6.36. The van der Waals surface area contributed by atoms with Crippen molar-refractivity contribution in [2.75, 3.05) is 0 Å². The summed E-state index contributed by atoms with van der Waals surface area (Å²) in [5.74, 6) is 6.82. The molecule has 0 atom stereocenters. The average molecular weight is 294 g/mol. The first kappa shape index (κ1) is 12.4. The van der Waals surface area contributed by atoms with Gasteiger partial charge in [-0.3, -0.25) is 0 Å². The highest BCUT2D eigenvalue weighted by Gasteiger charge is 2.23. The van der Waals surface area contributed by atoms with E-state index in [0.717, 1.165) is 22.3 Å². The number of halogens is 1. The number of fused-ring (bicyclic) bond motifs is 1. The minimum Gasteiger partial charge on any atom is -0.346 e. The summed E-state index contributed by atoms with van der Waals surface area (Å²) in [6, 6.07) is 5.99. The molecule has 1 aliphatic rings. The third-order valence-electron chi connectivity index (χ3n) is 3.68. The zero-order chi connectivity index (χ0) is 14.2. The lowest BCUT2D eigenvalue weighted by Gasteiger charge is -1.98. The van der Waals surface area contributed by atoms with Crippen LogP contribution in [0.15, 0.2) is 36.8 Å². The van der Waals surface area contributed by atoms with Crippen LogP contribution in [-0.2, 0) is 0 Å². The average Bonchev–Trinajstić information content (AvgIpc) is 3.25. The summed E-state index contributed by atoms with van der Waals surface area (Å²) in [5.41, 5.74) is 3.56. The number of H-pyrrole nitrogens is 1. The van der Waals surface area contributed by atoms with E-state index in [2.05, 4.69) is 32.9 Å². The fourth-order valence-electron chi connectivity index (χ4n) is 2.33. The largest absolute Gasteiger partial charge is 0.346 e. The van der Waals surface area contributed by atoms with Gasteiger partial charge in [-0.25, -0.2) is 9.97 Å². The Morgan fingerprint density at radius 2 is 2.00 bits per heavy atom. The number of pyridine rings is 2. The lowest BCUT2D eigenvalue weighted by molar-refractivity contribution is 1.09. The van der Waals surface area contributed by atoms with E-state index >= 15 is 0 Å². The van der Waals surface area contributed by atoms with Gasteiger partial charge in [0.2, 0.25) is 0 Å². The van der Waals surface area contributed by atoms with Crippen LogP contribution in [0.4, 0.5) is 0 Å². The van der Waals surface area contributed by atoms with Crippen molar-refractivity contribution in [3.8, 4) is 11.8 Å². The minimum atomic E-state index is 0.628. The summed E-state index contributed by atoms with van der Waals surface area (Å²) in [5, 5.41) is 1.52. The van der Waals surface area contributed by atoms with Crippen LogP contribution in [0, 0.1) is 11.8 Å². The highest BCUT2D eigenvalue weighted by atomic mass is 35.5. The SMILES string of the molecule is Clc1c(C#Cc2ccc(C3CC3)cn2)cnc2[nH]ccc12. The molecule has 3 nitrogen and oxygen atoms in total. The summed E-state index contributed by atoms with van der Waals surface area (Å²) in [7, 11) is 0. The van der Waals surface area contributed by atoms with Gasteiger partial charge >= 0.3 is 0 Å². The molecule has 0 aliphatic heterocycles. The van der Waals surface area contributed by atoms with Crippen LogP contribution in [0.25, 0.3) is 11.0 Å². The maximum atomic E-state index is 6.34. The standard InChI is InChI=1S/C17H12ClN3/c18-16-13(10-21-17-15(16)7-8-19-17)4-6-14-5-3-12(9-20-14)11-1-2-11/h3,5,7-11H,1-2H2,(H,19,21). The Morgan fingerprint density at radius 3 is 2.76 bits per heavy atom. The Kier molecular flexibility index (Phi) is 2.90. The predicted molar refractivity (Wildman–Crippen MR) is 83.3 cm³/mol. The van der Waals surface area contributed by atoms with Gasteiger partial charge in [-0.1, -0.05) is 23.6 Å². The second kappa shape index (κ2) is 4.91. The van der Waals surface area contributed by atoms with Gasteiger partial charge < -0.3 is 4.98 Å². The van der Waals surface area contributed by atoms with E-state index in [4.69, 9.17) is 11.6 Å². The number of hydrogen-bond acceptors (Lipinski definition) is 2. The first-order chi connectivity index (χ1) is 10.3. The molecule has 1 N–H and O–H groups in total. The molecular weight excluding hydrogens is 282 g/mol. The molecule has 21 heavy (non-hydrogen) atoms. The van der Waals surface area contributed by atoms with Gasteiger partial charge in [0.05, 0.1) is 10.6 Å². The van der Waals surface area contributed by atoms with Crippen molar-refractivity contribution in [1.82, 2.24) is 15.0 Å². The van der Waals surface area contributed by atoms with Crippen LogP contribution < -0.4 is 0 Å². The van der Waals surface area contributed by atoms with E-state index in [0.29, 0.717) is 10.9 Å². The second-order valence-electron chi connectivity index (χ2n) is 5.23. The quantitative estimate of drug-likeness (QED) is 0.692. The van der Waals surface area contributed by atoms with Crippen LogP contribution in [0.5, 0.6) is 0 Å². The Labute approximate surface area is 127 Å². The van der Waals surface area contributed by atoms with Crippen molar-refractivity contribution in [2.45, 2.75) is 18.8 Å². The Morgan fingerprint density at radius 1 is 1.10 bits per heavy atom. The Balaban J connectivity index is 1.66. The van der Waals surface area contributed by atoms with Crippen molar-refractivity contribution in [1.29, 1.82) is 0 Å². The van der Waals surface area contributed by atoms with Gasteiger partial charge in [0.1, 0.15) is 11.3 Å². The predicted octanol–water partition coefficient (Wildman–Crippen LogP) is 3.89. The van der Waals surface area contributed by atoms with Crippen molar-refractivity contribution >= 4 is 22.6 Å². The van der Waals surface area contributed by atoms with Crippen molar-refractivity contribution < 1.29 is 0 Å². The van der Waals surface area contributed by atoms with E-state index in [1.807, 2.05) is 24.5 Å². The number of aromatic nitrogens is 3. The first-order valence-electron chi connectivity index (χ1n) is 6.91. The molecule has 0 amide bonds. The van der Waals surface area contributed by atoms with Crippen molar-refractivity contribution in [3.63, 3.8) is 0 Å².